The van der Waals surface area contributed by atoms with Crippen LogP contribution in [0.4, 0.5) is 10.1 Å². The van der Waals surface area contributed by atoms with Gasteiger partial charge in [-0.05, 0) is 55.8 Å². The highest BCUT2D eigenvalue weighted by molar-refractivity contribution is 6.00. The normalized spacial score (nSPS) is 11.5. The Morgan fingerprint density at radius 2 is 1.77 bits per heavy atom. The molecule has 172 valence electrons. The first kappa shape index (κ1) is 21.0. The van der Waals surface area contributed by atoms with Gasteiger partial charge in [0.05, 0.1) is 34.3 Å². The standard InChI is InChI=1S/C27H22FN7/c1-15(2)31-19-9-17(11-29-12-19)22-6-7-23-26(33-22)27(35-34-23)24-10-20-21(13-30-14-25(20)32-24)16-4-3-5-18(28)8-16/h3-15,31-32H,1-2H3,(H,34,35). The van der Waals surface area contributed by atoms with Gasteiger partial charge in [-0.2, -0.15) is 5.10 Å². The summed E-state index contributed by atoms with van der Waals surface area (Å²) >= 11 is 0. The van der Waals surface area contributed by atoms with Crippen molar-refractivity contribution in [2.24, 2.45) is 0 Å². The van der Waals surface area contributed by atoms with Crippen LogP contribution in [-0.2, 0) is 0 Å². The minimum Gasteiger partial charge on any atom is -0.382 e. The molecule has 0 aliphatic rings. The molecular formula is C27H22FN7. The molecule has 0 atom stereocenters. The van der Waals surface area contributed by atoms with E-state index in [1.807, 2.05) is 30.3 Å². The third-order valence-corrected chi connectivity index (χ3v) is 5.83. The van der Waals surface area contributed by atoms with Gasteiger partial charge in [0, 0.05) is 41.1 Å². The fourth-order valence-electron chi connectivity index (χ4n) is 4.30. The molecule has 0 saturated carbocycles. The molecule has 0 aliphatic carbocycles. The van der Waals surface area contributed by atoms with Crippen LogP contribution in [0, 0.1) is 5.82 Å². The minimum atomic E-state index is -0.285. The Morgan fingerprint density at radius 3 is 2.63 bits per heavy atom. The lowest BCUT2D eigenvalue weighted by molar-refractivity contribution is 0.628. The molecule has 6 aromatic rings. The molecule has 0 unspecified atom stereocenters. The molecule has 6 rings (SSSR count). The van der Waals surface area contributed by atoms with E-state index in [1.54, 1.807) is 30.9 Å². The number of pyridine rings is 3. The SMILES string of the molecule is CC(C)Nc1cncc(-c2ccc3[nH]nc(-c4cc5c(-c6cccc(F)c6)cncc5[nH]4)c3n2)c1. The van der Waals surface area contributed by atoms with E-state index in [-0.39, 0.29) is 5.82 Å². The Kier molecular flexibility index (Phi) is 4.99. The topological polar surface area (TPSA) is 95.2 Å². The van der Waals surface area contributed by atoms with Gasteiger partial charge in [-0.25, -0.2) is 9.37 Å². The largest absolute Gasteiger partial charge is 0.382 e. The van der Waals surface area contributed by atoms with Crippen molar-refractivity contribution < 1.29 is 4.39 Å². The van der Waals surface area contributed by atoms with E-state index in [0.717, 1.165) is 55.7 Å². The van der Waals surface area contributed by atoms with Crippen molar-refractivity contribution in [1.29, 1.82) is 0 Å². The lowest BCUT2D eigenvalue weighted by Gasteiger charge is -2.10. The molecule has 0 saturated heterocycles. The van der Waals surface area contributed by atoms with Crippen LogP contribution in [0.25, 0.3) is 55.7 Å². The van der Waals surface area contributed by atoms with Crippen LogP contribution in [0.3, 0.4) is 0 Å². The Bertz CT molecular complexity index is 1680. The smallest absolute Gasteiger partial charge is 0.135 e. The lowest BCUT2D eigenvalue weighted by atomic mass is 10.0. The van der Waals surface area contributed by atoms with E-state index in [2.05, 4.69) is 44.3 Å². The number of H-pyrrole nitrogens is 2. The van der Waals surface area contributed by atoms with Crippen molar-refractivity contribution in [3.63, 3.8) is 0 Å². The molecule has 7 nitrogen and oxygen atoms in total. The number of halogens is 1. The molecule has 5 aromatic heterocycles. The number of nitrogens with zero attached hydrogens (tertiary/aromatic N) is 4. The highest BCUT2D eigenvalue weighted by Crippen LogP contribution is 2.34. The molecule has 0 spiro atoms. The van der Waals surface area contributed by atoms with Gasteiger partial charge in [-0.3, -0.25) is 15.1 Å². The number of hydrogen-bond acceptors (Lipinski definition) is 5. The number of anilines is 1. The van der Waals surface area contributed by atoms with Crippen molar-refractivity contribution >= 4 is 27.6 Å². The molecule has 35 heavy (non-hydrogen) atoms. The number of aromatic amines is 2. The number of fused-ring (bicyclic) bond motifs is 2. The van der Waals surface area contributed by atoms with Gasteiger partial charge in [0.1, 0.15) is 17.0 Å². The first-order chi connectivity index (χ1) is 17.0. The third-order valence-electron chi connectivity index (χ3n) is 5.83. The summed E-state index contributed by atoms with van der Waals surface area (Å²) in [5.74, 6) is -0.285. The highest BCUT2D eigenvalue weighted by Gasteiger charge is 2.16. The number of rotatable bonds is 5. The van der Waals surface area contributed by atoms with Gasteiger partial charge in [-0.15, -0.1) is 0 Å². The molecule has 8 heteroatoms. The Balaban J connectivity index is 1.45. The summed E-state index contributed by atoms with van der Waals surface area (Å²) in [5.41, 5.74) is 8.19. The zero-order valence-electron chi connectivity index (χ0n) is 19.2. The fourth-order valence-corrected chi connectivity index (χ4v) is 4.30. The number of nitrogens with one attached hydrogen (secondary N) is 3. The zero-order valence-corrected chi connectivity index (χ0v) is 19.2. The maximum Gasteiger partial charge on any atom is 0.135 e. The summed E-state index contributed by atoms with van der Waals surface area (Å²) in [6.45, 7) is 4.18. The molecule has 0 amide bonds. The van der Waals surface area contributed by atoms with Crippen LogP contribution in [0.15, 0.2) is 73.3 Å². The van der Waals surface area contributed by atoms with Gasteiger partial charge in [0.2, 0.25) is 0 Å². The molecule has 0 aliphatic heterocycles. The van der Waals surface area contributed by atoms with Crippen molar-refractivity contribution in [3.05, 3.63) is 79.1 Å². The molecule has 0 fully saturated rings. The minimum absolute atomic E-state index is 0.285. The highest BCUT2D eigenvalue weighted by atomic mass is 19.1. The van der Waals surface area contributed by atoms with Crippen LogP contribution < -0.4 is 5.32 Å². The molecule has 0 bridgehead atoms. The van der Waals surface area contributed by atoms with Gasteiger partial charge >= 0.3 is 0 Å². The van der Waals surface area contributed by atoms with Crippen LogP contribution in [0.2, 0.25) is 0 Å². The van der Waals surface area contributed by atoms with Gasteiger partial charge < -0.3 is 10.3 Å². The van der Waals surface area contributed by atoms with E-state index in [9.17, 15) is 4.39 Å². The summed E-state index contributed by atoms with van der Waals surface area (Å²) in [5, 5.41) is 11.9. The molecule has 3 N–H and O–H groups in total. The van der Waals surface area contributed by atoms with Crippen molar-refractivity contribution in [2.75, 3.05) is 5.32 Å². The average molecular weight is 464 g/mol. The second kappa shape index (κ2) is 8.32. The summed E-state index contributed by atoms with van der Waals surface area (Å²) in [6.07, 6.45) is 7.12. The molecule has 0 radical (unpaired) electrons. The Hall–Kier alpha value is -4.59. The van der Waals surface area contributed by atoms with E-state index >= 15 is 0 Å². The second-order valence-corrected chi connectivity index (χ2v) is 8.77. The van der Waals surface area contributed by atoms with E-state index in [1.165, 1.54) is 12.1 Å². The summed E-state index contributed by atoms with van der Waals surface area (Å²) < 4.78 is 13.9. The number of benzene rings is 1. The predicted octanol–water partition coefficient (Wildman–Crippen LogP) is 6.19. The van der Waals surface area contributed by atoms with E-state index < -0.39 is 0 Å². The van der Waals surface area contributed by atoms with Gasteiger partial charge in [-0.1, -0.05) is 12.1 Å². The first-order valence-corrected chi connectivity index (χ1v) is 11.4. The maximum atomic E-state index is 13.9. The number of aromatic nitrogens is 6. The molecule has 1 aromatic carbocycles. The Morgan fingerprint density at radius 1 is 0.886 bits per heavy atom. The quantitative estimate of drug-likeness (QED) is 0.283. The summed E-state index contributed by atoms with van der Waals surface area (Å²) in [6, 6.07) is 14.8. The number of hydrogen-bond donors (Lipinski definition) is 3. The van der Waals surface area contributed by atoms with Crippen LogP contribution >= 0.6 is 0 Å². The zero-order chi connectivity index (χ0) is 23.9. The van der Waals surface area contributed by atoms with E-state index in [4.69, 9.17) is 4.98 Å². The van der Waals surface area contributed by atoms with Gasteiger partial charge in [0.25, 0.3) is 0 Å². The van der Waals surface area contributed by atoms with Crippen LogP contribution in [-0.4, -0.2) is 36.2 Å². The van der Waals surface area contributed by atoms with Crippen LogP contribution in [0.1, 0.15) is 13.8 Å². The maximum absolute atomic E-state index is 13.9. The summed E-state index contributed by atoms with van der Waals surface area (Å²) in [4.78, 5) is 17.0. The molecular weight excluding hydrogens is 441 g/mol. The second-order valence-electron chi connectivity index (χ2n) is 8.77. The Labute approximate surface area is 200 Å². The molecule has 5 heterocycles. The lowest BCUT2D eigenvalue weighted by Crippen LogP contribution is -2.09. The van der Waals surface area contributed by atoms with Gasteiger partial charge in [0.15, 0.2) is 0 Å². The van der Waals surface area contributed by atoms with Crippen LogP contribution in [0.5, 0.6) is 0 Å². The van der Waals surface area contributed by atoms with Crippen molar-refractivity contribution in [2.45, 2.75) is 19.9 Å². The fraction of sp³-hybridized carbons (Fsp3) is 0.111. The van der Waals surface area contributed by atoms with Crippen molar-refractivity contribution in [1.82, 2.24) is 30.1 Å². The summed E-state index contributed by atoms with van der Waals surface area (Å²) in [7, 11) is 0. The van der Waals surface area contributed by atoms with E-state index in [0.29, 0.717) is 11.7 Å². The predicted molar refractivity (Wildman–Crippen MR) is 136 cm³/mol. The monoisotopic (exact) mass is 463 g/mol. The first-order valence-electron chi connectivity index (χ1n) is 11.4. The third kappa shape index (κ3) is 3.89. The average Bonchev–Trinajstić information content (AvgIpc) is 3.47. The van der Waals surface area contributed by atoms with Crippen molar-refractivity contribution in [3.8, 4) is 33.8 Å².